The van der Waals surface area contributed by atoms with Gasteiger partial charge in [-0.15, -0.1) is 0 Å². The van der Waals surface area contributed by atoms with Crippen LogP contribution >= 0.6 is 0 Å². The van der Waals surface area contributed by atoms with Gasteiger partial charge < -0.3 is 15.5 Å². The molecule has 3 N–H and O–H groups in total. The highest BCUT2D eigenvalue weighted by molar-refractivity contribution is 4.67. The minimum atomic E-state index is -4.55. The predicted octanol–water partition coefficient (Wildman–Crippen LogP) is 0.908. The number of rotatable bonds is 7. The zero-order chi connectivity index (χ0) is 11.9. The summed E-state index contributed by atoms with van der Waals surface area (Å²) in [5.74, 6) is 0.166. The fraction of sp³-hybridized carbons (Fsp3) is 1.00. The number of halogens is 3. The minimum Gasteiger partial charge on any atom is -0.396 e. The van der Waals surface area contributed by atoms with E-state index < -0.39 is 18.8 Å². The molecule has 0 aliphatic heterocycles. The van der Waals surface area contributed by atoms with Gasteiger partial charge in [-0.25, -0.2) is 0 Å². The molecule has 2 atom stereocenters. The van der Waals surface area contributed by atoms with Crippen LogP contribution in [0, 0.1) is 5.92 Å². The summed E-state index contributed by atoms with van der Waals surface area (Å²) in [5.41, 5.74) is 0. The third-order valence-electron chi connectivity index (χ3n) is 2.08. The summed E-state index contributed by atoms with van der Waals surface area (Å²) in [4.78, 5) is 0. The minimum absolute atomic E-state index is 0.0885. The third-order valence-corrected chi connectivity index (χ3v) is 2.08. The van der Waals surface area contributed by atoms with Crippen LogP contribution in [0.15, 0.2) is 0 Å². The van der Waals surface area contributed by atoms with Gasteiger partial charge in [0, 0.05) is 13.2 Å². The molecule has 0 aliphatic rings. The maximum Gasteiger partial charge on any atom is 0.415 e. The van der Waals surface area contributed by atoms with E-state index in [-0.39, 0.29) is 12.5 Å². The molecule has 0 bridgehead atoms. The van der Waals surface area contributed by atoms with Crippen molar-refractivity contribution in [3.8, 4) is 0 Å². The molecule has 2 unspecified atom stereocenters. The van der Waals surface area contributed by atoms with E-state index in [9.17, 15) is 13.2 Å². The monoisotopic (exact) mass is 229 g/mol. The fourth-order valence-corrected chi connectivity index (χ4v) is 1.02. The van der Waals surface area contributed by atoms with Crippen molar-refractivity contribution < 1.29 is 23.4 Å². The Kier molecular flexibility index (Phi) is 6.87. The molecule has 0 spiro atoms. The molecular formula is C9H18F3NO2. The van der Waals surface area contributed by atoms with Gasteiger partial charge >= 0.3 is 6.18 Å². The Balaban J connectivity index is 3.39. The van der Waals surface area contributed by atoms with Crippen molar-refractivity contribution >= 4 is 0 Å². The van der Waals surface area contributed by atoms with E-state index in [1.165, 1.54) is 0 Å². The Morgan fingerprint density at radius 2 is 1.93 bits per heavy atom. The van der Waals surface area contributed by atoms with E-state index in [1.54, 1.807) is 0 Å². The molecule has 0 saturated carbocycles. The van der Waals surface area contributed by atoms with E-state index in [0.29, 0.717) is 13.0 Å². The molecule has 0 amide bonds. The first-order valence-electron chi connectivity index (χ1n) is 4.94. The molecule has 0 aliphatic carbocycles. The van der Waals surface area contributed by atoms with Gasteiger partial charge in [-0.2, -0.15) is 13.2 Å². The number of hydrogen-bond donors (Lipinski definition) is 3. The van der Waals surface area contributed by atoms with Gasteiger partial charge in [0.1, 0.15) is 0 Å². The molecular weight excluding hydrogens is 211 g/mol. The van der Waals surface area contributed by atoms with Crippen molar-refractivity contribution in [2.24, 2.45) is 5.92 Å². The summed E-state index contributed by atoms with van der Waals surface area (Å²) in [6.45, 7) is 1.89. The van der Waals surface area contributed by atoms with Crippen LogP contribution < -0.4 is 5.32 Å². The van der Waals surface area contributed by atoms with Crippen molar-refractivity contribution in [2.75, 3.05) is 19.7 Å². The van der Waals surface area contributed by atoms with Crippen LogP contribution in [0.2, 0.25) is 0 Å². The number of hydrogen-bond acceptors (Lipinski definition) is 3. The predicted molar refractivity (Wildman–Crippen MR) is 50.4 cm³/mol. The zero-order valence-corrected chi connectivity index (χ0v) is 8.72. The maximum absolute atomic E-state index is 11.8. The van der Waals surface area contributed by atoms with Crippen molar-refractivity contribution in [1.29, 1.82) is 0 Å². The lowest BCUT2D eigenvalue weighted by molar-refractivity contribution is -0.201. The van der Waals surface area contributed by atoms with Gasteiger partial charge in [0.25, 0.3) is 0 Å². The summed E-state index contributed by atoms with van der Waals surface area (Å²) >= 11 is 0. The average Bonchev–Trinajstić information content (AvgIpc) is 2.15. The summed E-state index contributed by atoms with van der Waals surface area (Å²) < 4.78 is 35.5. The first-order valence-corrected chi connectivity index (χ1v) is 4.94. The molecule has 0 rings (SSSR count). The van der Waals surface area contributed by atoms with E-state index >= 15 is 0 Å². The molecule has 3 nitrogen and oxygen atoms in total. The first-order chi connectivity index (χ1) is 6.88. The molecule has 6 heteroatoms. The van der Waals surface area contributed by atoms with Gasteiger partial charge in [0.2, 0.25) is 0 Å². The Morgan fingerprint density at radius 3 is 2.40 bits per heavy atom. The van der Waals surface area contributed by atoms with Crippen LogP contribution in [-0.4, -0.2) is 42.2 Å². The Morgan fingerprint density at radius 1 is 1.33 bits per heavy atom. The Labute approximate surface area is 87.3 Å². The van der Waals surface area contributed by atoms with Crippen molar-refractivity contribution in [1.82, 2.24) is 5.32 Å². The average molecular weight is 229 g/mol. The lowest BCUT2D eigenvalue weighted by Gasteiger charge is -2.15. The van der Waals surface area contributed by atoms with Crippen LogP contribution in [0.4, 0.5) is 13.2 Å². The number of aliphatic hydroxyl groups is 2. The van der Waals surface area contributed by atoms with Gasteiger partial charge in [-0.05, 0) is 25.3 Å². The lowest BCUT2D eigenvalue weighted by Crippen LogP contribution is -2.38. The molecule has 0 aromatic rings. The fourth-order valence-electron chi connectivity index (χ4n) is 1.02. The van der Waals surface area contributed by atoms with E-state index in [4.69, 9.17) is 10.2 Å². The number of alkyl halides is 3. The number of nitrogens with one attached hydrogen (secondary N) is 1. The Bertz CT molecular complexity index is 164. The Hall–Kier alpha value is -0.330. The molecule has 0 fully saturated rings. The molecule has 92 valence electrons. The van der Waals surface area contributed by atoms with Crippen LogP contribution in [0.3, 0.4) is 0 Å². The second-order valence-corrected chi connectivity index (χ2v) is 3.69. The highest BCUT2D eigenvalue weighted by Crippen LogP contribution is 2.19. The van der Waals surface area contributed by atoms with Crippen LogP contribution in [0.25, 0.3) is 0 Å². The van der Waals surface area contributed by atoms with Crippen LogP contribution in [0.5, 0.6) is 0 Å². The first kappa shape index (κ1) is 14.7. The molecule has 0 radical (unpaired) electrons. The van der Waals surface area contributed by atoms with Crippen LogP contribution in [0.1, 0.15) is 19.8 Å². The summed E-state index contributed by atoms with van der Waals surface area (Å²) in [7, 11) is 0. The topological polar surface area (TPSA) is 52.5 Å². The highest BCUT2D eigenvalue weighted by atomic mass is 19.4. The standard InChI is InChI=1S/C9H18F3NO2/c1-7(6-14)3-2-4-13-5-8(15)9(10,11)12/h7-8,13-15H,2-6H2,1H3. The van der Waals surface area contributed by atoms with Crippen molar-refractivity contribution in [3.05, 3.63) is 0 Å². The van der Waals surface area contributed by atoms with Gasteiger partial charge in [-0.1, -0.05) is 6.92 Å². The SMILES string of the molecule is CC(CO)CCCNCC(O)C(F)(F)F. The van der Waals surface area contributed by atoms with E-state index in [1.807, 2.05) is 6.92 Å². The molecule has 15 heavy (non-hydrogen) atoms. The van der Waals surface area contributed by atoms with Crippen molar-refractivity contribution in [3.63, 3.8) is 0 Å². The van der Waals surface area contributed by atoms with Crippen molar-refractivity contribution in [2.45, 2.75) is 32.0 Å². The number of aliphatic hydroxyl groups excluding tert-OH is 2. The second kappa shape index (κ2) is 7.03. The lowest BCUT2D eigenvalue weighted by atomic mass is 10.1. The van der Waals surface area contributed by atoms with Gasteiger partial charge in [0.15, 0.2) is 6.10 Å². The highest BCUT2D eigenvalue weighted by Gasteiger charge is 2.37. The second-order valence-electron chi connectivity index (χ2n) is 3.69. The smallest absolute Gasteiger partial charge is 0.396 e. The molecule has 0 saturated heterocycles. The quantitative estimate of drug-likeness (QED) is 0.569. The van der Waals surface area contributed by atoms with Gasteiger partial charge in [0.05, 0.1) is 0 Å². The molecule has 0 aromatic carbocycles. The molecule has 0 heterocycles. The summed E-state index contributed by atoms with van der Waals surface area (Å²) in [6, 6.07) is 0. The summed E-state index contributed by atoms with van der Waals surface area (Å²) in [6.07, 6.45) is -5.41. The van der Waals surface area contributed by atoms with E-state index in [0.717, 1.165) is 6.42 Å². The van der Waals surface area contributed by atoms with E-state index in [2.05, 4.69) is 5.32 Å². The molecule has 0 aromatic heterocycles. The summed E-state index contributed by atoms with van der Waals surface area (Å²) in [5, 5.41) is 19.8. The largest absolute Gasteiger partial charge is 0.415 e. The third kappa shape index (κ3) is 7.58. The maximum atomic E-state index is 11.8. The normalized spacial score (nSPS) is 16.4. The van der Waals surface area contributed by atoms with Gasteiger partial charge in [-0.3, -0.25) is 0 Å². The van der Waals surface area contributed by atoms with Crippen LogP contribution in [-0.2, 0) is 0 Å². The zero-order valence-electron chi connectivity index (χ0n) is 8.72.